The number of carbonyl (C=O) groups excluding carboxylic acids is 1. The molecule has 0 aromatic heterocycles. The molecule has 3 rings (SSSR count). The molecular weight excluding hydrogens is 314 g/mol. The summed E-state index contributed by atoms with van der Waals surface area (Å²) in [6, 6.07) is 14.6. The second kappa shape index (κ2) is 6.86. The highest BCUT2D eigenvalue weighted by Gasteiger charge is 2.18. The van der Waals surface area contributed by atoms with Crippen molar-refractivity contribution in [1.82, 2.24) is 5.32 Å². The molecule has 1 amide bonds. The number of nitrogens with one attached hydrogen (secondary N) is 1. The van der Waals surface area contributed by atoms with Crippen molar-refractivity contribution in [2.24, 2.45) is 0 Å². The van der Waals surface area contributed by atoms with Crippen LogP contribution in [-0.4, -0.2) is 24.2 Å². The van der Waals surface area contributed by atoms with E-state index in [1.807, 2.05) is 24.3 Å². The van der Waals surface area contributed by atoms with E-state index in [0.717, 1.165) is 11.3 Å². The number of ether oxygens (including phenoxy) is 1. The number of para-hydroxylation sites is 1. The Labute approximate surface area is 139 Å². The van der Waals surface area contributed by atoms with Crippen LogP contribution in [0, 0.1) is 0 Å². The predicted octanol–water partition coefficient (Wildman–Crippen LogP) is 2.97. The van der Waals surface area contributed by atoms with Crippen LogP contribution in [0.1, 0.15) is 17.2 Å². The van der Waals surface area contributed by atoms with E-state index in [1.165, 1.54) is 0 Å². The van der Waals surface area contributed by atoms with E-state index in [2.05, 4.69) is 5.32 Å². The van der Waals surface area contributed by atoms with Crippen LogP contribution in [0.25, 0.3) is 6.08 Å². The zero-order valence-corrected chi connectivity index (χ0v) is 13.1. The lowest BCUT2D eigenvalue weighted by Gasteiger charge is -2.18. The second-order valence-corrected chi connectivity index (χ2v) is 5.65. The van der Waals surface area contributed by atoms with Gasteiger partial charge in [0, 0.05) is 22.7 Å². The molecule has 23 heavy (non-hydrogen) atoms. The molecule has 1 aliphatic rings. The number of halogens is 1. The normalized spacial score (nSPS) is 14.3. The summed E-state index contributed by atoms with van der Waals surface area (Å²) in [7, 11) is 0. The van der Waals surface area contributed by atoms with Crippen molar-refractivity contribution in [3.05, 3.63) is 70.3 Å². The third-order valence-corrected chi connectivity index (χ3v) is 3.99. The summed E-state index contributed by atoms with van der Waals surface area (Å²) >= 11 is 6.04. The van der Waals surface area contributed by atoms with E-state index < -0.39 is 6.10 Å². The monoisotopic (exact) mass is 329 g/mol. The van der Waals surface area contributed by atoms with Crippen LogP contribution in [0.4, 0.5) is 0 Å². The summed E-state index contributed by atoms with van der Waals surface area (Å²) in [5.74, 6) is 0.505. The van der Waals surface area contributed by atoms with Gasteiger partial charge in [0.05, 0.1) is 11.7 Å². The number of fused-ring (bicyclic) bond motifs is 1. The molecule has 1 atom stereocenters. The lowest BCUT2D eigenvalue weighted by atomic mass is 10.1. The van der Waals surface area contributed by atoms with Crippen molar-refractivity contribution in [2.45, 2.75) is 6.10 Å². The van der Waals surface area contributed by atoms with Gasteiger partial charge in [-0.15, -0.1) is 0 Å². The van der Waals surface area contributed by atoms with E-state index in [4.69, 9.17) is 16.3 Å². The zero-order chi connectivity index (χ0) is 16.2. The van der Waals surface area contributed by atoms with Gasteiger partial charge in [0.25, 0.3) is 5.91 Å². The minimum absolute atomic E-state index is 0.0849. The largest absolute Gasteiger partial charge is 0.488 e. The van der Waals surface area contributed by atoms with Gasteiger partial charge in [-0.05, 0) is 18.2 Å². The minimum Gasteiger partial charge on any atom is -0.488 e. The molecule has 2 aromatic rings. The molecule has 2 aromatic carbocycles. The number of hydrogen-bond acceptors (Lipinski definition) is 3. The van der Waals surface area contributed by atoms with Gasteiger partial charge in [0.15, 0.2) is 0 Å². The number of amides is 1. The molecular formula is C18H16ClNO3. The summed E-state index contributed by atoms with van der Waals surface area (Å²) in [5.41, 5.74) is 1.99. The van der Waals surface area contributed by atoms with Crippen LogP contribution in [0.3, 0.4) is 0 Å². The first-order valence-electron chi connectivity index (χ1n) is 7.28. The van der Waals surface area contributed by atoms with Gasteiger partial charge < -0.3 is 15.2 Å². The molecule has 4 nitrogen and oxygen atoms in total. The lowest BCUT2D eigenvalue weighted by Crippen LogP contribution is -2.32. The van der Waals surface area contributed by atoms with Gasteiger partial charge in [-0.2, -0.15) is 0 Å². The van der Waals surface area contributed by atoms with Crippen LogP contribution in [0.5, 0.6) is 5.75 Å². The van der Waals surface area contributed by atoms with E-state index >= 15 is 0 Å². The fraction of sp³-hybridized carbons (Fsp3) is 0.167. The highest BCUT2D eigenvalue weighted by Crippen LogP contribution is 2.26. The van der Waals surface area contributed by atoms with Gasteiger partial charge in [-0.25, -0.2) is 0 Å². The summed E-state index contributed by atoms with van der Waals surface area (Å²) in [4.78, 5) is 12.2. The maximum atomic E-state index is 12.2. The van der Waals surface area contributed by atoms with E-state index in [0.29, 0.717) is 16.2 Å². The first kappa shape index (κ1) is 15.6. The summed E-state index contributed by atoms with van der Waals surface area (Å²) in [6.45, 7) is 0.298. The minimum atomic E-state index is -0.856. The molecule has 0 radical (unpaired) electrons. The molecule has 0 spiro atoms. The van der Waals surface area contributed by atoms with Gasteiger partial charge in [0.1, 0.15) is 12.4 Å². The van der Waals surface area contributed by atoms with Gasteiger partial charge in [-0.3, -0.25) is 4.79 Å². The van der Waals surface area contributed by atoms with Gasteiger partial charge in [-0.1, -0.05) is 48.0 Å². The fourth-order valence-electron chi connectivity index (χ4n) is 2.41. The van der Waals surface area contributed by atoms with Crippen molar-refractivity contribution in [2.75, 3.05) is 13.2 Å². The third-order valence-electron chi connectivity index (χ3n) is 3.64. The molecule has 0 bridgehead atoms. The van der Waals surface area contributed by atoms with Crippen molar-refractivity contribution >= 4 is 23.6 Å². The molecule has 5 heteroatoms. The molecule has 0 saturated carbocycles. The topological polar surface area (TPSA) is 58.6 Å². The van der Waals surface area contributed by atoms with Crippen LogP contribution >= 0.6 is 11.6 Å². The quantitative estimate of drug-likeness (QED) is 0.906. The number of aliphatic hydroxyl groups is 1. The summed E-state index contributed by atoms with van der Waals surface area (Å²) in [6.07, 6.45) is 0.945. The molecule has 0 fully saturated rings. The maximum Gasteiger partial charge on any atom is 0.250 e. The Kier molecular flexibility index (Phi) is 4.65. The first-order valence-corrected chi connectivity index (χ1v) is 7.66. The molecule has 0 aliphatic carbocycles. The van der Waals surface area contributed by atoms with E-state index in [-0.39, 0.29) is 19.1 Å². The smallest absolute Gasteiger partial charge is 0.250 e. The molecule has 2 N–H and O–H groups in total. The van der Waals surface area contributed by atoms with Crippen LogP contribution < -0.4 is 10.1 Å². The van der Waals surface area contributed by atoms with Crippen molar-refractivity contribution in [3.63, 3.8) is 0 Å². The van der Waals surface area contributed by atoms with E-state index in [9.17, 15) is 9.90 Å². The number of hydrogen-bond donors (Lipinski definition) is 2. The molecule has 0 saturated heterocycles. The van der Waals surface area contributed by atoms with Crippen molar-refractivity contribution < 1.29 is 14.6 Å². The Morgan fingerprint density at radius 1 is 1.22 bits per heavy atom. The molecule has 118 valence electrons. The van der Waals surface area contributed by atoms with Crippen LogP contribution in [0.15, 0.2) is 54.1 Å². The SMILES string of the molecule is O=C(NCC(O)c1ccccc1Cl)C1=Cc2ccccc2OC1. The Bertz CT molecular complexity index is 757. The number of carbonyl (C=O) groups is 1. The average molecular weight is 330 g/mol. The Hall–Kier alpha value is -2.30. The lowest BCUT2D eigenvalue weighted by molar-refractivity contribution is -0.118. The zero-order valence-electron chi connectivity index (χ0n) is 12.3. The second-order valence-electron chi connectivity index (χ2n) is 5.24. The standard InChI is InChI=1S/C18H16ClNO3/c19-15-7-3-2-6-14(15)16(21)10-20-18(22)13-9-12-5-1-4-8-17(12)23-11-13/h1-9,16,21H,10-11H2,(H,20,22). The Balaban J connectivity index is 1.64. The number of aliphatic hydroxyl groups excluding tert-OH is 1. The highest BCUT2D eigenvalue weighted by molar-refractivity contribution is 6.31. The summed E-state index contributed by atoms with van der Waals surface area (Å²) < 4.78 is 5.56. The third kappa shape index (κ3) is 3.55. The molecule has 1 heterocycles. The predicted molar refractivity (Wildman–Crippen MR) is 89.3 cm³/mol. The molecule has 1 aliphatic heterocycles. The average Bonchev–Trinajstić information content (AvgIpc) is 2.59. The van der Waals surface area contributed by atoms with Crippen molar-refractivity contribution in [1.29, 1.82) is 0 Å². The van der Waals surface area contributed by atoms with Gasteiger partial charge in [0.2, 0.25) is 0 Å². The summed E-state index contributed by atoms with van der Waals surface area (Å²) in [5, 5.41) is 13.3. The van der Waals surface area contributed by atoms with E-state index in [1.54, 1.807) is 30.3 Å². The van der Waals surface area contributed by atoms with Crippen LogP contribution in [-0.2, 0) is 4.79 Å². The Morgan fingerprint density at radius 3 is 2.78 bits per heavy atom. The van der Waals surface area contributed by atoms with Crippen molar-refractivity contribution in [3.8, 4) is 5.75 Å². The number of rotatable bonds is 4. The highest BCUT2D eigenvalue weighted by atomic mass is 35.5. The van der Waals surface area contributed by atoms with Gasteiger partial charge >= 0.3 is 0 Å². The number of benzene rings is 2. The maximum absolute atomic E-state index is 12.2. The Morgan fingerprint density at radius 2 is 1.96 bits per heavy atom. The first-order chi connectivity index (χ1) is 11.1. The molecule has 1 unspecified atom stereocenters. The fourth-order valence-corrected chi connectivity index (χ4v) is 2.67. The van der Waals surface area contributed by atoms with Crippen LogP contribution in [0.2, 0.25) is 5.02 Å².